The van der Waals surface area contributed by atoms with Gasteiger partial charge in [-0.05, 0) is 116 Å². The van der Waals surface area contributed by atoms with Crippen molar-refractivity contribution in [2.24, 2.45) is 0 Å². The van der Waals surface area contributed by atoms with E-state index in [9.17, 15) is 0 Å². The molecule has 3 heteroatoms. The van der Waals surface area contributed by atoms with E-state index in [1.165, 1.54) is 55.3 Å². The van der Waals surface area contributed by atoms with E-state index >= 15 is 0 Å². The molecule has 0 spiro atoms. The molecule has 12 rings (SSSR count). The quantitative estimate of drug-likeness (QED) is 0.169. The Morgan fingerprint density at radius 1 is 0.367 bits per heavy atom. The van der Waals surface area contributed by atoms with Crippen LogP contribution in [0.25, 0.3) is 88.4 Å². The van der Waals surface area contributed by atoms with E-state index in [2.05, 4.69) is 201 Å². The molecule has 9 aromatic carbocycles. The van der Waals surface area contributed by atoms with E-state index in [1.54, 1.807) is 0 Å². The smallest absolute Gasteiger partial charge is 0.136 e. The van der Waals surface area contributed by atoms with Crippen molar-refractivity contribution in [3.8, 4) is 44.5 Å². The third-order valence-electron chi connectivity index (χ3n) is 12.7. The van der Waals surface area contributed by atoms with Gasteiger partial charge in [-0.3, -0.25) is 0 Å². The minimum Gasteiger partial charge on any atom is -0.456 e. The lowest BCUT2D eigenvalue weighted by atomic mass is 9.80. The maximum atomic E-state index is 6.38. The van der Waals surface area contributed by atoms with Crippen molar-refractivity contribution in [1.29, 1.82) is 0 Å². The van der Waals surface area contributed by atoms with Gasteiger partial charge in [-0.25, -0.2) is 0 Å². The Morgan fingerprint density at radius 2 is 0.917 bits per heavy atom. The monoisotopic (exact) mass is 769 g/mol. The lowest BCUT2D eigenvalue weighted by molar-refractivity contribution is 0.657. The largest absolute Gasteiger partial charge is 0.456 e. The van der Waals surface area contributed by atoms with Crippen LogP contribution in [-0.2, 0) is 5.41 Å². The number of hydrogen-bond acceptors (Lipinski definition) is 3. The molecular formula is C57H39NO2. The van der Waals surface area contributed by atoms with Crippen LogP contribution in [0.15, 0.2) is 209 Å². The van der Waals surface area contributed by atoms with E-state index in [0.29, 0.717) is 0 Å². The van der Waals surface area contributed by atoms with Crippen molar-refractivity contribution < 1.29 is 8.83 Å². The fourth-order valence-electron chi connectivity index (χ4n) is 9.91. The van der Waals surface area contributed by atoms with Crippen LogP contribution in [0.4, 0.5) is 17.1 Å². The number of rotatable bonds is 6. The summed E-state index contributed by atoms with van der Waals surface area (Å²) in [6.07, 6.45) is 0. The minimum absolute atomic E-state index is 0.199. The molecular weight excluding hydrogens is 731 g/mol. The first-order valence-corrected chi connectivity index (χ1v) is 20.7. The summed E-state index contributed by atoms with van der Waals surface area (Å²) < 4.78 is 12.6. The second-order valence-electron chi connectivity index (χ2n) is 16.4. The van der Waals surface area contributed by atoms with Gasteiger partial charge in [-0.1, -0.05) is 153 Å². The summed E-state index contributed by atoms with van der Waals surface area (Å²) in [4.78, 5) is 2.36. The molecule has 0 saturated heterocycles. The highest BCUT2D eigenvalue weighted by Gasteiger charge is 2.39. The number of benzene rings is 9. The summed E-state index contributed by atoms with van der Waals surface area (Å²) in [6, 6.07) is 71.8. The van der Waals surface area contributed by atoms with Crippen LogP contribution in [-0.4, -0.2) is 0 Å². The highest BCUT2D eigenvalue weighted by Crippen LogP contribution is 2.55. The van der Waals surface area contributed by atoms with Gasteiger partial charge < -0.3 is 13.7 Å². The summed E-state index contributed by atoms with van der Waals surface area (Å²) in [5.41, 5.74) is 19.1. The Hall–Kier alpha value is -7.62. The van der Waals surface area contributed by atoms with Crippen LogP contribution in [0, 0.1) is 0 Å². The minimum atomic E-state index is -0.199. The Labute approximate surface area is 348 Å². The van der Waals surface area contributed by atoms with Gasteiger partial charge in [0.25, 0.3) is 0 Å². The molecule has 0 N–H and O–H groups in total. The van der Waals surface area contributed by atoms with Crippen LogP contribution in [0.1, 0.15) is 25.0 Å². The summed E-state index contributed by atoms with van der Waals surface area (Å²) in [7, 11) is 0. The maximum Gasteiger partial charge on any atom is 0.136 e. The van der Waals surface area contributed by atoms with Gasteiger partial charge in [0.15, 0.2) is 0 Å². The summed E-state index contributed by atoms with van der Waals surface area (Å²) in [6.45, 7) is 4.71. The van der Waals surface area contributed by atoms with Gasteiger partial charge in [-0.15, -0.1) is 0 Å². The number of para-hydroxylation sites is 2. The first-order valence-electron chi connectivity index (χ1n) is 20.7. The summed E-state index contributed by atoms with van der Waals surface area (Å²) in [5.74, 6) is 0. The van der Waals surface area contributed by atoms with Crippen molar-refractivity contribution in [3.05, 3.63) is 211 Å². The van der Waals surface area contributed by atoms with Gasteiger partial charge in [0.2, 0.25) is 0 Å². The predicted octanol–water partition coefficient (Wildman–Crippen LogP) is 16.3. The van der Waals surface area contributed by atoms with Gasteiger partial charge in [-0.2, -0.15) is 0 Å². The highest BCUT2D eigenvalue weighted by atomic mass is 16.3. The van der Waals surface area contributed by atoms with Crippen LogP contribution < -0.4 is 4.90 Å². The van der Waals surface area contributed by atoms with E-state index in [0.717, 1.165) is 61.3 Å². The highest BCUT2D eigenvalue weighted by molar-refractivity contribution is 6.13. The van der Waals surface area contributed by atoms with Crippen molar-refractivity contribution >= 4 is 60.9 Å². The van der Waals surface area contributed by atoms with Crippen molar-refractivity contribution in [2.45, 2.75) is 19.3 Å². The molecule has 0 saturated carbocycles. The average Bonchev–Trinajstić information content (AvgIpc) is 3.95. The average molecular weight is 770 g/mol. The molecule has 0 atom stereocenters. The van der Waals surface area contributed by atoms with Crippen molar-refractivity contribution in [3.63, 3.8) is 0 Å². The van der Waals surface area contributed by atoms with E-state index in [4.69, 9.17) is 8.83 Å². The zero-order valence-corrected chi connectivity index (χ0v) is 33.3. The topological polar surface area (TPSA) is 29.5 Å². The summed E-state index contributed by atoms with van der Waals surface area (Å²) in [5, 5.41) is 4.67. The lowest BCUT2D eigenvalue weighted by Gasteiger charge is -2.26. The molecule has 0 amide bonds. The molecule has 60 heavy (non-hydrogen) atoms. The number of furan rings is 2. The van der Waals surface area contributed by atoms with Crippen molar-refractivity contribution in [1.82, 2.24) is 0 Å². The molecule has 284 valence electrons. The zero-order valence-electron chi connectivity index (χ0n) is 33.3. The van der Waals surface area contributed by atoms with Gasteiger partial charge in [0.1, 0.15) is 22.3 Å². The van der Waals surface area contributed by atoms with Crippen LogP contribution in [0.5, 0.6) is 0 Å². The first-order chi connectivity index (χ1) is 29.5. The molecule has 2 aromatic heterocycles. The Balaban J connectivity index is 0.975. The fourth-order valence-corrected chi connectivity index (χ4v) is 9.91. The molecule has 0 fully saturated rings. The van der Waals surface area contributed by atoms with Crippen LogP contribution >= 0.6 is 0 Å². The molecule has 0 radical (unpaired) electrons. The number of fused-ring (bicyclic) bond motifs is 10. The number of anilines is 3. The molecule has 0 bridgehead atoms. The molecule has 0 unspecified atom stereocenters. The van der Waals surface area contributed by atoms with Gasteiger partial charge >= 0.3 is 0 Å². The van der Waals surface area contributed by atoms with E-state index < -0.39 is 0 Å². The normalized spacial score (nSPS) is 13.0. The molecule has 2 heterocycles. The van der Waals surface area contributed by atoms with E-state index in [1.807, 2.05) is 18.2 Å². The predicted molar refractivity (Wildman–Crippen MR) is 250 cm³/mol. The third kappa shape index (κ3) is 5.22. The van der Waals surface area contributed by atoms with E-state index in [-0.39, 0.29) is 5.41 Å². The molecule has 1 aliphatic carbocycles. The standard InChI is InChI=1S/C57H39NO2/c1-57(2)48-21-11-19-43(53(48)47-33-34-52-55(56(47)57)46-18-7-9-23-50(46)60-52)37-25-29-40(30-26-37)58(42-16-10-15-39(35-42)36-13-4-3-5-14-36)41-31-27-38(28-32-41)44-20-12-24-51-54(44)45-17-6-8-22-49(45)59-51/h3-35H,1-2H3. The van der Waals surface area contributed by atoms with Crippen LogP contribution in [0.3, 0.4) is 0 Å². The summed E-state index contributed by atoms with van der Waals surface area (Å²) >= 11 is 0. The maximum absolute atomic E-state index is 6.38. The Kier molecular flexibility index (Phi) is 7.58. The second-order valence-corrected chi connectivity index (χ2v) is 16.4. The molecule has 0 aliphatic heterocycles. The fraction of sp³-hybridized carbons (Fsp3) is 0.0526. The van der Waals surface area contributed by atoms with Gasteiger partial charge in [0.05, 0.1) is 0 Å². The lowest BCUT2D eigenvalue weighted by Crippen LogP contribution is -2.15. The Morgan fingerprint density at radius 3 is 1.63 bits per heavy atom. The molecule has 11 aromatic rings. The number of hydrogen-bond donors (Lipinski definition) is 0. The number of nitrogens with zero attached hydrogens (tertiary/aromatic N) is 1. The zero-order chi connectivity index (χ0) is 40.0. The van der Waals surface area contributed by atoms with Crippen molar-refractivity contribution in [2.75, 3.05) is 4.90 Å². The molecule has 3 nitrogen and oxygen atoms in total. The first kappa shape index (κ1) is 34.4. The molecule has 1 aliphatic rings. The Bertz CT molecular complexity index is 3440. The second kappa shape index (κ2) is 13.2. The third-order valence-corrected chi connectivity index (χ3v) is 12.7. The van der Waals surface area contributed by atoms with Crippen LogP contribution in [0.2, 0.25) is 0 Å². The SMILES string of the molecule is CC1(C)c2cccc(-c3ccc(N(c4ccc(-c5cccc6oc7ccccc7c56)cc4)c4cccc(-c5ccccc5)c4)cc3)c2-c2ccc3oc4ccccc4c3c21. The van der Waals surface area contributed by atoms with Gasteiger partial charge in [0, 0.05) is 44.0 Å².